The van der Waals surface area contributed by atoms with Gasteiger partial charge in [-0.15, -0.1) is 10.2 Å². The molecule has 2 N–H and O–H groups in total. The Morgan fingerprint density at radius 3 is 2.81 bits per heavy atom. The van der Waals surface area contributed by atoms with Gasteiger partial charge in [0.15, 0.2) is 5.16 Å². The fraction of sp³-hybridized carbons (Fsp3) is 0.818. The van der Waals surface area contributed by atoms with E-state index in [1.54, 1.807) is 11.8 Å². The zero-order chi connectivity index (χ0) is 11.5. The Balaban J connectivity index is 1.77. The standard InChI is InChI=1S/C11H20N4S/c1-8-13-14-11(15(8)2)16-7-6-9-4-3-5-10(9)12/h9-10H,3-7,12H2,1-2H3. The summed E-state index contributed by atoms with van der Waals surface area (Å²) in [6.45, 7) is 1.98. The minimum absolute atomic E-state index is 0.432. The second-order valence-corrected chi connectivity index (χ2v) is 5.64. The van der Waals surface area contributed by atoms with Gasteiger partial charge in [0.1, 0.15) is 5.82 Å². The molecule has 1 aliphatic carbocycles. The Morgan fingerprint density at radius 1 is 1.44 bits per heavy atom. The molecule has 90 valence electrons. The quantitative estimate of drug-likeness (QED) is 0.814. The molecule has 2 atom stereocenters. The van der Waals surface area contributed by atoms with Crippen LogP contribution in [0.25, 0.3) is 0 Å². The molecule has 1 fully saturated rings. The topological polar surface area (TPSA) is 56.7 Å². The van der Waals surface area contributed by atoms with Gasteiger partial charge >= 0.3 is 0 Å². The molecule has 0 spiro atoms. The molecule has 0 saturated heterocycles. The summed E-state index contributed by atoms with van der Waals surface area (Å²) in [7, 11) is 2.01. The lowest BCUT2D eigenvalue weighted by molar-refractivity contribution is 0.470. The Kier molecular flexibility index (Phi) is 3.86. The lowest BCUT2D eigenvalue weighted by atomic mass is 10.0. The molecule has 0 radical (unpaired) electrons. The first-order valence-electron chi connectivity index (χ1n) is 5.93. The molecule has 0 aromatic carbocycles. The van der Waals surface area contributed by atoms with Crippen LogP contribution in [0, 0.1) is 12.8 Å². The van der Waals surface area contributed by atoms with Crippen LogP contribution in [0.2, 0.25) is 0 Å². The Hall–Kier alpha value is -0.550. The van der Waals surface area contributed by atoms with Crippen molar-refractivity contribution in [2.45, 2.75) is 43.8 Å². The normalized spacial score (nSPS) is 25.2. The van der Waals surface area contributed by atoms with Crippen LogP contribution in [0.1, 0.15) is 31.5 Å². The highest BCUT2D eigenvalue weighted by Gasteiger charge is 2.23. The van der Waals surface area contributed by atoms with Gasteiger partial charge in [0.2, 0.25) is 0 Å². The molecular formula is C11H20N4S. The number of nitrogens with zero attached hydrogens (tertiary/aromatic N) is 3. The van der Waals surface area contributed by atoms with E-state index in [9.17, 15) is 0 Å². The Morgan fingerprint density at radius 2 is 2.25 bits per heavy atom. The van der Waals surface area contributed by atoms with Crippen molar-refractivity contribution in [3.05, 3.63) is 5.82 Å². The summed E-state index contributed by atoms with van der Waals surface area (Å²) < 4.78 is 2.04. The van der Waals surface area contributed by atoms with E-state index in [1.165, 1.54) is 25.7 Å². The molecule has 1 heterocycles. The van der Waals surface area contributed by atoms with Crippen molar-refractivity contribution in [2.75, 3.05) is 5.75 Å². The van der Waals surface area contributed by atoms with Crippen molar-refractivity contribution in [1.82, 2.24) is 14.8 Å². The first-order chi connectivity index (χ1) is 7.68. The minimum atomic E-state index is 0.432. The SMILES string of the molecule is Cc1nnc(SCCC2CCCC2N)n1C. The summed E-state index contributed by atoms with van der Waals surface area (Å²) in [6, 6.07) is 0.432. The predicted octanol–water partition coefficient (Wildman–Crippen LogP) is 1.73. The van der Waals surface area contributed by atoms with E-state index in [4.69, 9.17) is 5.73 Å². The van der Waals surface area contributed by atoms with Crippen molar-refractivity contribution >= 4 is 11.8 Å². The van der Waals surface area contributed by atoms with Gasteiger partial charge in [-0.25, -0.2) is 0 Å². The third-order valence-corrected chi connectivity index (χ3v) is 4.54. The summed E-state index contributed by atoms with van der Waals surface area (Å²) >= 11 is 1.79. The van der Waals surface area contributed by atoms with Crippen molar-refractivity contribution in [2.24, 2.45) is 18.7 Å². The van der Waals surface area contributed by atoms with Gasteiger partial charge in [0.25, 0.3) is 0 Å². The zero-order valence-electron chi connectivity index (χ0n) is 10.0. The smallest absolute Gasteiger partial charge is 0.190 e. The summed E-state index contributed by atoms with van der Waals surface area (Å²) in [4.78, 5) is 0. The number of hydrogen-bond acceptors (Lipinski definition) is 4. The van der Waals surface area contributed by atoms with Crippen LogP contribution in [-0.2, 0) is 7.05 Å². The molecule has 1 saturated carbocycles. The van der Waals surface area contributed by atoms with Crippen LogP contribution >= 0.6 is 11.8 Å². The fourth-order valence-electron chi connectivity index (χ4n) is 2.24. The van der Waals surface area contributed by atoms with Crippen molar-refractivity contribution < 1.29 is 0 Å². The van der Waals surface area contributed by atoms with E-state index in [2.05, 4.69) is 10.2 Å². The number of thioether (sulfide) groups is 1. The number of nitrogens with two attached hydrogens (primary N) is 1. The second-order valence-electron chi connectivity index (χ2n) is 4.58. The number of rotatable bonds is 4. The van der Waals surface area contributed by atoms with Crippen molar-refractivity contribution in [1.29, 1.82) is 0 Å². The number of aromatic nitrogens is 3. The monoisotopic (exact) mass is 240 g/mol. The highest BCUT2D eigenvalue weighted by Crippen LogP contribution is 2.29. The molecule has 1 aliphatic rings. The number of hydrogen-bond donors (Lipinski definition) is 1. The van der Waals surface area contributed by atoms with E-state index in [1.807, 2.05) is 18.5 Å². The molecule has 16 heavy (non-hydrogen) atoms. The molecule has 1 aromatic rings. The van der Waals surface area contributed by atoms with Crippen LogP contribution in [0.3, 0.4) is 0 Å². The first kappa shape index (κ1) is 11.9. The summed E-state index contributed by atoms with van der Waals surface area (Å²) in [6.07, 6.45) is 5.02. The summed E-state index contributed by atoms with van der Waals surface area (Å²) in [5.41, 5.74) is 6.05. The molecule has 0 amide bonds. The largest absolute Gasteiger partial charge is 0.327 e. The highest BCUT2D eigenvalue weighted by molar-refractivity contribution is 7.99. The lowest BCUT2D eigenvalue weighted by Crippen LogP contribution is -2.24. The zero-order valence-corrected chi connectivity index (χ0v) is 10.8. The van der Waals surface area contributed by atoms with E-state index in [0.29, 0.717) is 6.04 Å². The fourth-order valence-corrected chi connectivity index (χ4v) is 3.27. The molecule has 2 rings (SSSR count). The summed E-state index contributed by atoms with van der Waals surface area (Å²) in [5.74, 6) is 2.80. The maximum Gasteiger partial charge on any atom is 0.190 e. The van der Waals surface area contributed by atoms with Gasteiger partial charge in [-0.3, -0.25) is 0 Å². The van der Waals surface area contributed by atoms with Gasteiger partial charge < -0.3 is 10.3 Å². The van der Waals surface area contributed by atoms with Gasteiger partial charge in [-0.2, -0.15) is 0 Å². The first-order valence-corrected chi connectivity index (χ1v) is 6.91. The van der Waals surface area contributed by atoms with Crippen LogP contribution < -0.4 is 5.73 Å². The van der Waals surface area contributed by atoms with E-state index >= 15 is 0 Å². The van der Waals surface area contributed by atoms with Gasteiger partial charge in [-0.1, -0.05) is 18.2 Å². The van der Waals surface area contributed by atoms with Gasteiger partial charge in [0.05, 0.1) is 0 Å². The predicted molar refractivity (Wildman–Crippen MR) is 66.4 cm³/mol. The molecule has 4 nitrogen and oxygen atoms in total. The minimum Gasteiger partial charge on any atom is -0.327 e. The Labute approximate surface area is 101 Å². The molecule has 0 aliphatic heterocycles. The van der Waals surface area contributed by atoms with Crippen LogP contribution in [0.15, 0.2) is 5.16 Å². The molecule has 5 heteroatoms. The average molecular weight is 240 g/mol. The summed E-state index contributed by atoms with van der Waals surface area (Å²) in [5, 5.41) is 9.21. The van der Waals surface area contributed by atoms with Crippen LogP contribution in [-0.4, -0.2) is 26.6 Å². The average Bonchev–Trinajstić information content (AvgIpc) is 2.80. The number of aryl methyl sites for hydroxylation is 1. The van der Waals surface area contributed by atoms with Crippen molar-refractivity contribution in [3.8, 4) is 0 Å². The maximum absolute atomic E-state index is 6.05. The van der Waals surface area contributed by atoms with E-state index in [-0.39, 0.29) is 0 Å². The van der Waals surface area contributed by atoms with Crippen LogP contribution in [0.4, 0.5) is 0 Å². The maximum atomic E-state index is 6.05. The third-order valence-electron chi connectivity index (χ3n) is 3.49. The molecule has 1 aromatic heterocycles. The second kappa shape index (κ2) is 5.19. The van der Waals surface area contributed by atoms with Gasteiger partial charge in [0, 0.05) is 18.8 Å². The Bertz CT molecular complexity index is 350. The van der Waals surface area contributed by atoms with Crippen LogP contribution in [0.5, 0.6) is 0 Å². The molecular weight excluding hydrogens is 220 g/mol. The third kappa shape index (κ3) is 2.58. The lowest BCUT2D eigenvalue weighted by Gasteiger charge is -2.14. The van der Waals surface area contributed by atoms with E-state index in [0.717, 1.165) is 22.7 Å². The van der Waals surface area contributed by atoms with E-state index < -0.39 is 0 Å². The van der Waals surface area contributed by atoms with Gasteiger partial charge in [-0.05, 0) is 32.1 Å². The molecule has 0 bridgehead atoms. The van der Waals surface area contributed by atoms with Crippen molar-refractivity contribution in [3.63, 3.8) is 0 Å². The molecule has 2 unspecified atom stereocenters. The highest BCUT2D eigenvalue weighted by atomic mass is 32.2.